The lowest BCUT2D eigenvalue weighted by Crippen LogP contribution is -2.82. The number of H-pyrrole nitrogens is 1. The quantitative estimate of drug-likeness (QED) is 0.135. The Kier molecular flexibility index (Phi) is 7.21. The fraction of sp³-hybridized carbons (Fsp3) is 0.526. The van der Waals surface area contributed by atoms with Gasteiger partial charge in [0, 0.05) is 16.8 Å². The summed E-state index contributed by atoms with van der Waals surface area (Å²) in [7, 11) is 0. The molecule has 12 heteroatoms. The van der Waals surface area contributed by atoms with Gasteiger partial charge in [-0.15, -0.1) is 23.1 Å². The molecule has 1 saturated heterocycles. The number of carboxylic acid groups (broad SMARTS) is 1. The summed E-state index contributed by atoms with van der Waals surface area (Å²) in [4.78, 5) is 47.3. The molecule has 2 aliphatic heterocycles. The number of aromatic nitrogens is 1. The highest BCUT2D eigenvalue weighted by Crippen LogP contribution is 2.44. The molecule has 31 heavy (non-hydrogen) atoms. The van der Waals surface area contributed by atoms with Crippen LogP contribution in [0.25, 0.3) is 0 Å². The van der Waals surface area contributed by atoms with E-state index in [0.717, 1.165) is 37.0 Å². The number of thioether (sulfide) groups is 1. The molecule has 1 fully saturated rings. The van der Waals surface area contributed by atoms with Crippen molar-refractivity contribution in [1.29, 1.82) is 5.41 Å². The number of carbonyl (C=O) groups is 3. The number of fused-ring (bicyclic) bond motifs is 1. The Labute approximate surface area is 187 Å². The largest absolute Gasteiger partial charge is 0.479 e. The highest BCUT2D eigenvalue weighted by atomic mass is 32.2. The van der Waals surface area contributed by atoms with Gasteiger partial charge in [-0.1, -0.05) is 31.0 Å². The van der Waals surface area contributed by atoms with Gasteiger partial charge in [-0.3, -0.25) is 15.0 Å². The molecule has 0 spiro atoms. The van der Waals surface area contributed by atoms with Crippen molar-refractivity contribution in [3.05, 3.63) is 28.2 Å². The first kappa shape index (κ1) is 23.1. The molecule has 3 heterocycles. The number of aliphatic carboxylic acids is 1. The zero-order valence-electron chi connectivity index (χ0n) is 17.2. The van der Waals surface area contributed by atoms with Gasteiger partial charge < -0.3 is 25.1 Å². The number of aromatic amines is 1. The number of thiazole rings is 1. The average Bonchev–Trinajstić information content (AvgIpc) is 3.16. The highest BCUT2D eigenvalue weighted by Gasteiger charge is 2.68. The minimum absolute atomic E-state index is 0.0133. The number of hydrogen-bond donors (Lipinski definition) is 4. The number of amides is 2. The number of nitrogens with zero attached hydrogens (tertiary/aromatic N) is 2. The average molecular weight is 468 g/mol. The Morgan fingerprint density at radius 1 is 1.42 bits per heavy atom. The van der Waals surface area contributed by atoms with Crippen molar-refractivity contribution in [3.8, 4) is 0 Å². The molecule has 3 rings (SSSR count). The Morgan fingerprint density at radius 3 is 2.84 bits per heavy atom. The van der Waals surface area contributed by atoms with E-state index in [4.69, 9.17) is 10.2 Å². The normalized spacial score (nSPS) is 25.0. The topological polar surface area (TPSA) is 148 Å². The van der Waals surface area contributed by atoms with Crippen molar-refractivity contribution >= 4 is 46.6 Å². The molecule has 0 aliphatic carbocycles. The van der Waals surface area contributed by atoms with Gasteiger partial charge >= 0.3 is 5.97 Å². The molecule has 168 valence electrons. The molecule has 0 radical (unpaired) electrons. The summed E-state index contributed by atoms with van der Waals surface area (Å²) in [6, 6.07) is 0. The first-order valence-corrected chi connectivity index (χ1v) is 11.8. The summed E-state index contributed by atoms with van der Waals surface area (Å²) in [5.74, 6) is -3.01. The minimum Gasteiger partial charge on any atom is -0.479 e. The van der Waals surface area contributed by atoms with Gasteiger partial charge in [-0.25, -0.2) is 4.79 Å². The van der Waals surface area contributed by atoms with E-state index in [0.29, 0.717) is 6.61 Å². The van der Waals surface area contributed by atoms with Gasteiger partial charge in [0.15, 0.2) is 10.5 Å². The van der Waals surface area contributed by atoms with Crippen LogP contribution < -0.4 is 10.1 Å². The SMILES string of the molecule is CCCCCCON=C(C(=O)NC1(C(=O)O)C(=O)N2C=CC(C)S[C@H]21)c1csc(=N)[nH]1. The van der Waals surface area contributed by atoms with E-state index >= 15 is 0 Å². The lowest BCUT2D eigenvalue weighted by molar-refractivity contribution is -0.169. The summed E-state index contributed by atoms with van der Waals surface area (Å²) in [6.45, 7) is 4.27. The lowest BCUT2D eigenvalue weighted by Gasteiger charge is -2.53. The zero-order chi connectivity index (χ0) is 22.6. The van der Waals surface area contributed by atoms with Crippen molar-refractivity contribution in [2.24, 2.45) is 5.16 Å². The molecular formula is C19H25N5O5S2. The van der Waals surface area contributed by atoms with Crippen LogP contribution >= 0.6 is 23.1 Å². The second-order valence-electron chi connectivity index (χ2n) is 7.25. The maximum Gasteiger partial charge on any atom is 0.342 e. The molecule has 4 N–H and O–H groups in total. The van der Waals surface area contributed by atoms with Crippen LogP contribution in [-0.2, 0) is 19.2 Å². The number of rotatable bonds is 10. The minimum atomic E-state index is -2.09. The highest BCUT2D eigenvalue weighted by molar-refractivity contribution is 8.00. The molecule has 3 atom stereocenters. The van der Waals surface area contributed by atoms with Gasteiger partial charge in [0.2, 0.25) is 5.54 Å². The number of oxime groups is 1. The number of carbonyl (C=O) groups excluding carboxylic acids is 2. The molecule has 0 aromatic carbocycles. The number of β-lactam (4-membered cyclic amide) rings is 1. The molecule has 2 unspecified atom stereocenters. The fourth-order valence-electron chi connectivity index (χ4n) is 3.27. The molecule has 10 nitrogen and oxygen atoms in total. The van der Waals surface area contributed by atoms with Crippen LogP contribution in [0, 0.1) is 5.41 Å². The van der Waals surface area contributed by atoms with Gasteiger partial charge in [0.05, 0.1) is 5.69 Å². The van der Waals surface area contributed by atoms with E-state index in [1.54, 1.807) is 12.3 Å². The van der Waals surface area contributed by atoms with Crippen LogP contribution in [0.4, 0.5) is 0 Å². The van der Waals surface area contributed by atoms with Crippen LogP contribution in [0.5, 0.6) is 0 Å². The van der Waals surface area contributed by atoms with E-state index in [1.807, 2.05) is 6.92 Å². The molecule has 0 bridgehead atoms. The van der Waals surface area contributed by atoms with Crippen LogP contribution in [0.3, 0.4) is 0 Å². The van der Waals surface area contributed by atoms with Crippen LogP contribution in [-0.4, -0.2) is 61.3 Å². The van der Waals surface area contributed by atoms with Crippen molar-refractivity contribution in [3.63, 3.8) is 0 Å². The predicted molar refractivity (Wildman–Crippen MR) is 116 cm³/mol. The third kappa shape index (κ3) is 4.54. The lowest BCUT2D eigenvalue weighted by atomic mass is 9.87. The monoisotopic (exact) mass is 467 g/mol. The molecule has 0 saturated carbocycles. The summed E-state index contributed by atoms with van der Waals surface area (Å²) in [5, 5.41) is 24.6. The second-order valence-corrected chi connectivity index (χ2v) is 9.59. The van der Waals surface area contributed by atoms with E-state index in [1.165, 1.54) is 22.0 Å². The van der Waals surface area contributed by atoms with E-state index in [9.17, 15) is 19.5 Å². The summed E-state index contributed by atoms with van der Waals surface area (Å²) >= 11 is 2.33. The van der Waals surface area contributed by atoms with Crippen molar-refractivity contribution < 1.29 is 24.3 Å². The van der Waals surface area contributed by atoms with Crippen LogP contribution in [0.2, 0.25) is 0 Å². The van der Waals surface area contributed by atoms with E-state index in [-0.39, 0.29) is 21.5 Å². The van der Waals surface area contributed by atoms with Crippen LogP contribution in [0.1, 0.15) is 45.2 Å². The smallest absolute Gasteiger partial charge is 0.342 e. The Morgan fingerprint density at radius 2 is 2.19 bits per heavy atom. The maximum atomic E-state index is 13.1. The van der Waals surface area contributed by atoms with Gasteiger partial charge in [-0.05, 0) is 19.8 Å². The second kappa shape index (κ2) is 9.69. The van der Waals surface area contributed by atoms with E-state index in [2.05, 4.69) is 22.4 Å². The molecule has 1 aromatic rings. The summed E-state index contributed by atoms with van der Waals surface area (Å²) < 4.78 is 0. The molecule has 2 amide bonds. The zero-order valence-corrected chi connectivity index (χ0v) is 18.8. The Balaban J connectivity index is 1.81. The third-order valence-electron chi connectivity index (χ3n) is 4.96. The Bertz CT molecular complexity index is 971. The first-order valence-electron chi connectivity index (χ1n) is 9.96. The third-order valence-corrected chi connectivity index (χ3v) is 7.08. The number of carboxylic acids is 1. The van der Waals surface area contributed by atoms with Crippen molar-refractivity contribution in [2.75, 3.05) is 6.61 Å². The van der Waals surface area contributed by atoms with Crippen molar-refractivity contribution in [1.82, 2.24) is 15.2 Å². The first-order chi connectivity index (χ1) is 14.8. The summed E-state index contributed by atoms with van der Waals surface area (Å²) in [6.07, 6.45) is 7.21. The van der Waals surface area contributed by atoms with Crippen molar-refractivity contribution in [2.45, 2.75) is 55.7 Å². The number of nitrogens with one attached hydrogen (secondary N) is 3. The molecule has 2 aliphatic rings. The molecule has 1 aromatic heterocycles. The number of unbranched alkanes of at least 4 members (excludes halogenated alkanes) is 3. The van der Waals surface area contributed by atoms with E-state index < -0.39 is 28.7 Å². The Hall–Kier alpha value is -2.60. The van der Waals surface area contributed by atoms with Gasteiger partial charge in [0.1, 0.15) is 12.0 Å². The molecular weight excluding hydrogens is 442 g/mol. The predicted octanol–water partition coefficient (Wildman–Crippen LogP) is 1.61. The van der Waals surface area contributed by atoms with Crippen LogP contribution in [0.15, 0.2) is 22.8 Å². The standard InChI is InChI=1S/C19H25N5O5S2/c1-3-4-5-6-9-29-23-13(12-10-30-18(20)21-12)14(25)22-19(17(27)28)15(26)24-8-7-11(2)31-16(19)24/h7-8,10-11,16H,3-6,9H2,1-2H3,(H2,20,21)(H,22,25)(H,27,28)/t11?,16-,19?/m0/s1. The van der Waals surface area contributed by atoms with Gasteiger partial charge in [0.25, 0.3) is 11.8 Å². The fourth-order valence-corrected chi connectivity index (χ4v) is 5.17. The maximum absolute atomic E-state index is 13.1. The van der Waals surface area contributed by atoms with Gasteiger partial charge in [-0.2, -0.15) is 0 Å². The summed E-state index contributed by atoms with van der Waals surface area (Å²) in [5.41, 5.74) is -2.08. The number of hydrogen-bond acceptors (Lipinski definition) is 8.